The van der Waals surface area contributed by atoms with Crippen LogP contribution < -0.4 is 0 Å². The van der Waals surface area contributed by atoms with Crippen LogP contribution in [0.3, 0.4) is 0 Å². The highest BCUT2D eigenvalue weighted by Crippen LogP contribution is 2.66. The molecule has 13 nitrogen and oxygen atoms in total. The molecular formula is C10H14F5N2O11P3S2. The number of halogens is 5. The van der Waals surface area contributed by atoms with Crippen molar-refractivity contribution in [1.29, 1.82) is 0 Å². The number of nitrogens with one attached hydrogen (secondary N) is 1. The number of aliphatic hydroxyl groups is 1. The third-order valence-corrected chi connectivity index (χ3v) is 7.90. The lowest BCUT2D eigenvalue weighted by atomic mass is 9.95. The van der Waals surface area contributed by atoms with Crippen molar-refractivity contribution in [2.24, 2.45) is 0 Å². The highest BCUT2D eigenvalue weighted by Gasteiger charge is 2.61. The van der Waals surface area contributed by atoms with Gasteiger partial charge in [-0.15, -0.1) is 0 Å². The average molecular weight is 590 g/mol. The van der Waals surface area contributed by atoms with Gasteiger partial charge in [0.1, 0.15) is 10.7 Å². The Labute approximate surface area is 190 Å². The predicted octanol–water partition coefficient (Wildman–Crippen LogP) is 2.78. The van der Waals surface area contributed by atoms with Gasteiger partial charge in [-0.05, 0) is 12.2 Å². The summed E-state index contributed by atoms with van der Waals surface area (Å²) in [6, 6.07) is 0. The van der Waals surface area contributed by atoms with Crippen LogP contribution >= 0.6 is 47.9 Å². The summed E-state index contributed by atoms with van der Waals surface area (Å²) in [7, 11) is -17.3. The molecular weight excluding hydrogens is 576 g/mol. The molecule has 1 aromatic heterocycles. The lowest BCUT2D eigenvalue weighted by Crippen LogP contribution is -2.54. The number of hydrogen-bond acceptors (Lipinski definition) is 9. The Morgan fingerprint density at radius 2 is 1.61 bits per heavy atom. The molecule has 1 rings (SSSR count). The van der Waals surface area contributed by atoms with Crippen molar-refractivity contribution in [2.75, 3.05) is 6.61 Å². The quantitative estimate of drug-likeness (QED) is 0.125. The van der Waals surface area contributed by atoms with E-state index in [0.717, 1.165) is 0 Å². The SMILES string of the molecule is O=P(O)(O)OP(=O)(O)OP(=O)(O)OCC[C@H](O)C(F)(Cn1cc(F)c(=S)[nH]c1=S)C(F)(F)F. The van der Waals surface area contributed by atoms with Crippen LogP contribution in [0.4, 0.5) is 22.0 Å². The number of hydrogen-bond donors (Lipinski definition) is 6. The number of phosphoric ester groups is 1. The summed E-state index contributed by atoms with van der Waals surface area (Å²) < 4.78 is 111. The lowest BCUT2D eigenvalue weighted by molar-refractivity contribution is -0.266. The molecule has 3 unspecified atom stereocenters. The van der Waals surface area contributed by atoms with E-state index in [0.29, 0.717) is 6.20 Å². The number of aromatic amines is 1. The third-order valence-electron chi connectivity index (χ3n) is 3.43. The summed E-state index contributed by atoms with van der Waals surface area (Å²) >= 11 is 9.11. The Balaban J connectivity index is 2.97. The first-order valence-electron chi connectivity index (χ1n) is 7.80. The fourth-order valence-corrected chi connectivity index (χ4v) is 5.51. The maximum absolute atomic E-state index is 14.9. The van der Waals surface area contributed by atoms with Gasteiger partial charge in [0.15, 0.2) is 10.6 Å². The van der Waals surface area contributed by atoms with Gasteiger partial charge in [0.05, 0.1) is 13.2 Å². The van der Waals surface area contributed by atoms with Crippen molar-refractivity contribution in [3.63, 3.8) is 0 Å². The molecule has 0 aliphatic heterocycles. The van der Waals surface area contributed by atoms with Crippen LogP contribution in [0.5, 0.6) is 0 Å². The number of aliphatic hydroxyl groups excluding tert-OH is 1. The molecule has 6 N–H and O–H groups in total. The van der Waals surface area contributed by atoms with Crippen molar-refractivity contribution >= 4 is 47.9 Å². The molecule has 1 aromatic rings. The van der Waals surface area contributed by atoms with Crippen LogP contribution in [0, 0.1) is 15.2 Å². The van der Waals surface area contributed by atoms with Gasteiger partial charge in [0.25, 0.3) is 0 Å². The van der Waals surface area contributed by atoms with E-state index in [-0.39, 0.29) is 4.57 Å². The molecule has 0 amide bonds. The highest BCUT2D eigenvalue weighted by atomic mass is 32.1. The maximum atomic E-state index is 14.9. The highest BCUT2D eigenvalue weighted by molar-refractivity contribution is 7.72. The second kappa shape index (κ2) is 10.7. The fourth-order valence-electron chi connectivity index (χ4n) is 2.04. The Kier molecular flexibility index (Phi) is 9.87. The minimum absolute atomic E-state index is 0.250. The number of alkyl halides is 4. The molecule has 0 aromatic carbocycles. The first-order valence-corrected chi connectivity index (χ1v) is 13.1. The second-order valence-electron chi connectivity index (χ2n) is 5.95. The van der Waals surface area contributed by atoms with Gasteiger partial charge in [0.2, 0.25) is 5.67 Å². The molecule has 0 radical (unpaired) electrons. The molecule has 192 valence electrons. The van der Waals surface area contributed by atoms with Crippen molar-refractivity contribution in [3.05, 3.63) is 21.4 Å². The molecule has 1 heterocycles. The molecule has 0 saturated carbocycles. The van der Waals surface area contributed by atoms with Crippen LogP contribution in [0.2, 0.25) is 0 Å². The zero-order chi connectivity index (χ0) is 26.0. The summed E-state index contributed by atoms with van der Waals surface area (Å²) in [5.41, 5.74) is -4.52. The first kappa shape index (κ1) is 30.6. The van der Waals surface area contributed by atoms with Crippen molar-refractivity contribution in [3.8, 4) is 0 Å². The number of nitrogens with zero attached hydrogens (tertiary/aromatic N) is 1. The third kappa shape index (κ3) is 9.25. The van der Waals surface area contributed by atoms with E-state index < -0.39 is 76.2 Å². The Morgan fingerprint density at radius 3 is 2.09 bits per heavy atom. The topological polar surface area (TPSA) is 201 Å². The van der Waals surface area contributed by atoms with Gasteiger partial charge >= 0.3 is 29.6 Å². The molecule has 33 heavy (non-hydrogen) atoms. The number of H-pyrrole nitrogens is 1. The van der Waals surface area contributed by atoms with Crippen molar-refractivity contribution in [2.45, 2.75) is 30.9 Å². The van der Waals surface area contributed by atoms with Crippen LogP contribution in [0.15, 0.2) is 6.20 Å². The number of rotatable bonds is 11. The number of aromatic nitrogens is 2. The van der Waals surface area contributed by atoms with Crippen molar-refractivity contribution < 1.29 is 73.5 Å². The number of phosphoric acid groups is 3. The van der Waals surface area contributed by atoms with E-state index in [1.54, 1.807) is 0 Å². The fraction of sp³-hybridized carbons (Fsp3) is 0.600. The second-order valence-corrected chi connectivity index (χ2v) is 11.2. The molecule has 0 aliphatic rings. The Morgan fingerprint density at radius 1 is 1.06 bits per heavy atom. The van der Waals surface area contributed by atoms with Gasteiger partial charge in [-0.25, -0.2) is 22.5 Å². The van der Waals surface area contributed by atoms with Gasteiger partial charge in [-0.1, -0.05) is 12.2 Å². The largest absolute Gasteiger partial charge is 0.490 e. The maximum Gasteiger partial charge on any atom is 0.490 e. The summed E-state index contributed by atoms with van der Waals surface area (Å²) in [5.74, 6) is -1.26. The first-order chi connectivity index (χ1) is 14.6. The van der Waals surface area contributed by atoms with Gasteiger partial charge in [-0.2, -0.15) is 21.8 Å². The molecule has 0 fully saturated rings. The van der Waals surface area contributed by atoms with Crippen LogP contribution in [0.1, 0.15) is 6.42 Å². The predicted molar refractivity (Wildman–Crippen MR) is 101 cm³/mol. The smallest absolute Gasteiger partial charge is 0.389 e. The van der Waals surface area contributed by atoms with Crippen molar-refractivity contribution in [1.82, 2.24) is 9.55 Å². The standard InChI is InChI=1S/C10H14F5N2O11P3S2/c11-5-3-17(8(33)16-7(5)32)4-9(12,10(13,14)15)6(18)1-2-26-30(22,23)28-31(24,25)27-29(19,20)21/h3,6,18H,1-2,4H2,(H,22,23)(H,24,25)(H,16,32,33)(H2,19,20,21)/t6-,9?/m0/s1. The van der Waals surface area contributed by atoms with E-state index in [9.17, 15) is 45.6 Å². The van der Waals surface area contributed by atoms with E-state index in [1.165, 1.54) is 0 Å². The zero-order valence-corrected chi connectivity index (χ0v) is 19.8. The minimum atomic E-state index is -5.90. The van der Waals surface area contributed by atoms with Gasteiger partial charge in [0, 0.05) is 12.6 Å². The molecule has 0 bridgehead atoms. The zero-order valence-electron chi connectivity index (χ0n) is 15.5. The van der Waals surface area contributed by atoms with Crippen LogP contribution in [0.25, 0.3) is 0 Å². The van der Waals surface area contributed by atoms with Crippen LogP contribution in [-0.4, -0.2) is 58.8 Å². The Hall–Kier alpha value is -0.460. The van der Waals surface area contributed by atoms with Gasteiger partial charge in [-0.3, -0.25) is 4.52 Å². The average Bonchev–Trinajstić information content (AvgIpc) is 2.54. The van der Waals surface area contributed by atoms with E-state index in [2.05, 4.69) is 37.6 Å². The molecule has 4 atom stereocenters. The van der Waals surface area contributed by atoms with Crippen LogP contribution in [-0.2, 0) is 33.4 Å². The molecule has 23 heteroatoms. The lowest BCUT2D eigenvalue weighted by Gasteiger charge is -2.33. The summed E-state index contributed by atoms with van der Waals surface area (Å²) in [5, 5.41) is 9.77. The minimum Gasteiger partial charge on any atom is -0.389 e. The van der Waals surface area contributed by atoms with E-state index in [1.807, 2.05) is 4.98 Å². The Bertz CT molecular complexity index is 1120. The molecule has 0 saturated heterocycles. The molecule has 0 aliphatic carbocycles. The monoisotopic (exact) mass is 590 g/mol. The summed E-state index contributed by atoms with van der Waals surface area (Å²) in [6.45, 7) is -3.20. The normalized spacial score (nSPS) is 19.3. The summed E-state index contributed by atoms with van der Waals surface area (Å²) in [4.78, 5) is 36.9. The van der Waals surface area contributed by atoms with E-state index in [4.69, 9.17) is 14.7 Å². The van der Waals surface area contributed by atoms with E-state index >= 15 is 0 Å². The molecule has 0 spiro atoms. The summed E-state index contributed by atoms with van der Waals surface area (Å²) in [6.07, 6.45) is -9.86. The van der Waals surface area contributed by atoms with Gasteiger partial charge < -0.3 is 34.2 Å².